The van der Waals surface area contributed by atoms with Gasteiger partial charge in [0.25, 0.3) is 0 Å². The van der Waals surface area contributed by atoms with Gasteiger partial charge in [0.1, 0.15) is 0 Å². The lowest BCUT2D eigenvalue weighted by Crippen LogP contribution is -2.43. The topological polar surface area (TPSA) is 68.5 Å². The largest absolute Gasteiger partial charge is 0.379 e. The van der Waals surface area contributed by atoms with E-state index in [1.54, 1.807) is 20.5 Å². The molecule has 0 saturated carbocycles. The van der Waals surface area contributed by atoms with Crippen molar-refractivity contribution in [3.8, 4) is 0 Å². The zero-order valence-corrected chi connectivity index (χ0v) is 18.1. The van der Waals surface area contributed by atoms with Crippen molar-refractivity contribution in [2.24, 2.45) is 0 Å². The van der Waals surface area contributed by atoms with Crippen LogP contribution in [0.5, 0.6) is 0 Å². The van der Waals surface area contributed by atoms with Gasteiger partial charge in [-0.25, -0.2) is 4.79 Å². The van der Waals surface area contributed by atoms with Gasteiger partial charge in [0.2, 0.25) is 5.91 Å². The van der Waals surface area contributed by atoms with Crippen LogP contribution in [0, 0.1) is 0 Å². The van der Waals surface area contributed by atoms with Gasteiger partial charge in [0.05, 0.1) is 30.3 Å². The summed E-state index contributed by atoms with van der Waals surface area (Å²) in [5, 5.41) is 5.16. The van der Waals surface area contributed by atoms with E-state index in [0.29, 0.717) is 19.6 Å². The number of aromatic nitrogens is 2. The second kappa shape index (κ2) is 9.59. The smallest absolute Gasteiger partial charge is 0.329 e. The number of aryl methyl sites for hydroxylation is 2. The van der Waals surface area contributed by atoms with Gasteiger partial charge in [0, 0.05) is 44.0 Å². The monoisotopic (exact) mass is 428 g/mol. The highest BCUT2D eigenvalue weighted by Gasteiger charge is 2.24. The van der Waals surface area contributed by atoms with Crippen molar-refractivity contribution >= 4 is 28.3 Å². The van der Waals surface area contributed by atoms with Crippen LogP contribution < -0.4 is 11.0 Å². The van der Waals surface area contributed by atoms with E-state index in [1.165, 1.54) is 4.88 Å². The zero-order valence-electron chi connectivity index (χ0n) is 17.3. The van der Waals surface area contributed by atoms with Crippen LogP contribution in [0.1, 0.15) is 24.3 Å². The molecule has 3 heterocycles. The third kappa shape index (κ3) is 4.35. The van der Waals surface area contributed by atoms with E-state index in [0.717, 1.165) is 37.3 Å². The normalized spacial score (nSPS) is 16.0. The Labute approximate surface area is 179 Å². The minimum Gasteiger partial charge on any atom is -0.379 e. The molecule has 0 unspecified atom stereocenters. The number of ether oxygens (including phenoxy) is 1. The first-order chi connectivity index (χ1) is 14.7. The summed E-state index contributed by atoms with van der Waals surface area (Å²) in [6.07, 6.45) is 0.276. The van der Waals surface area contributed by atoms with Gasteiger partial charge in [-0.15, -0.1) is 11.3 Å². The fourth-order valence-corrected chi connectivity index (χ4v) is 4.95. The molecule has 7 nitrogen and oxygen atoms in total. The number of carbonyl (C=O) groups excluding carboxylic acids is 1. The van der Waals surface area contributed by atoms with Crippen molar-refractivity contribution in [3.05, 3.63) is 57.1 Å². The maximum absolute atomic E-state index is 12.7. The fourth-order valence-electron chi connectivity index (χ4n) is 4.09. The number of rotatable bonds is 8. The van der Waals surface area contributed by atoms with Crippen LogP contribution in [0.15, 0.2) is 46.6 Å². The second-order valence-electron chi connectivity index (χ2n) is 7.40. The summed E-state index contributed by atoms with van der Waals surface area (Å²) in [7, 11) is 0. The molecular formula is C22H28N4O3S. The van der Waals surface area contributed by atoms with Gasteiger partial charge < -0.3 is 10.1 Å². The summed E-state index contributed by atoms with van der Waals surface area (Å²) in [5.41, 5.74) is 1.73. The second-order valence-corrected chi connectivity index (χ2v) is 8.38. The highest BCUT2D eigenvalue weighted by atomic mass is 32.1. The Morgan fingerprint density at radius 2 is 1.87 bits per heavy atom. The lowest BCUT2D eigenvalue weighted by molar-refractivity contribution is -0.121. The summed E-state index contributed by atoms with van der Waals surface area (Å²) < 4.78 is 8.93. The number of carbonyl (C=O) groups is 1. The van der Waals surface area contributed by atoms with Gasteiger partial charge in [-0.2, -0.15) is 0 Å². The van der Waals surface area contributed by atoms with Gasteiger partial charge in [-0.05, 0) is 30.5 Å². The van der Waals surface area contributed by atoms with E-state index in [9.17, 15) is 9.59 Å². The molecule has 1 atom stereocenters. The van der Waals surface area contributed by atoms with Crippen molar-refractivity contribution in [1.29, 1.82) is 0 Å². The molecule has 30 heavy (non-hydrogen) atoms. The lowest BCUT2D eigenvalue weighted by Gasteiger charge is -2.34. The molecule has 0 spiro atoms. The Bertz CT molecular complexity index is 1030. The summed E-state index contributed by atoms with van der Waals surface area (Å²) in [6, 6.07) is 12.1. The number of fused-ring (bicyclic) bond motifs is 1. The minimum atomic E-state index is -0.0590. The van der Waals surface area contributed by atoms with Gasteiger partial charge >= 0.3 is 5.69 Å². The van der Waals surface area contributed by atoms with E-state index in [2.05, 4.69) is 21.7 Å². The van der Waals surface area contributed by atoms with Crippen molar-refractivity contribution in [2.75, 3.05) is 32.8 Å². The van der Waals surface area contributed by atoms with Gasteiger partial charge in [-0.3, -0.25) is 18.8 Å². The predicted molar refractivity (Wildman–Crippen MR) is 119 cm³/mol. The highest BCUT2D eigenvalue weighted by molar-refractivity contribution is 7.10. The molecule has 0 radical (unpaired) electrons. The Morgan fingerprint density at radius 1 is 1.13 bits per heavy atom. The van der Waals surface area contributed by atoms with Crippen molar-refractivity contribution in [2.45, 2.75) is 32.5 Å². The maximum Gasteiger partial charge on any atom is 0.329 e. The van der Waals surface area contributed by atoms with E-state index >= 15 is 0 Å². The molecule has 1 N–H and O–H groups in total. The molecule has 1 aliphatic rings. The predicted octanol–water partition coefficient (Wildman–Crippen LogP) is 2.46. The van der Waals surface area contributed by atoms with Crippen LogP contribution in [-0.2, 0) is 22.6 Å². The fraction of sp³-hybridized carbons (Fsp3) is 0.455. The van der Waals surface area contributed by atoms with E-state index in [-0.39, 0.29) is 24.1 Å². The number of amides is 1. The number of imidazole rings is 1. The molecule has 1 aliphatic heterocycles. The molecule has 1 saturated heterocycles. The zero-order chi connectivity index (χ0) is 20.9. The molecule has 0 bridgehead atoms. The quantitative estimate of drug-likeness (QED) is 0.599. The number of hydrogen-bond acceptors (Lipinski definition) is 5. The standard InChI is InChI=1S/C22H28N4O3S/c1-2-25-17-6-3-4-7-18(17)26(22(25)28)10-9-21(27)23-16-19(20-8-5-15-30-20)24-11-13-29-14-12-24/h3-8,15,19H,2,9-14,16H2,1H3,(H,23,27)/t19-/m1/s1. The number of benzene rings is 1. The van der Waals surface area contributed by atoms with Crippen LogP contribution >= 0.6 is 11.3 Å². The van der Waals surface area contributed by atoms with E-state index in [4.69, 9.17) is 4.74 Å². The number of nitrogens with zero attached hydrogens (tertiary/aromatic N) is 3. The van der Waals surface area contributed by atoms with Crippen LogP contribution in [0.2, 0.25) is 0 Å². The third-order valence-electron chi connectivity index (χ3n) is 5.65. The molecule has 8 heteroatoms. The molecular weight excluding hydrogens is 400 g/mol. The Kier molecular flexibility index (Phi) is 6.66. The first-order valence-corrected chi connectivity index (χ1v) is 11.4. The molecule has 1 amide bonds. The van der Waals surface area contributed by atoms with E-state index in [1.807, 2.05) is 37.3 Å². The van der Waals surface area contributed by atoms with Crippen molar-refractivity contribution in [1.82, 2.24) is 19.4 Å². The van der Waals surface area contributed by atoms with Crippen molar-refractivity contribution in [3.63, 3.8) is 0 Å². The number of hydrogen-bond donors (Lipinski definition) is 1. The Morgan fingerprint density at radius 3 is 2.53 bits per heavy atom. The number of para-hydroxylation sites is 2. The third-order valence-corrected chi connectivity index (χ3v) is 6.63. The lowest BCUT2D eigenvalue weighted by atomic mass is 10.2. The van der Waals surface area contributed by atoms with Crippen molar-refractivity contribution < 1.29 is 9.53 Å². The van der Waals surface area contributed by atoms with Crippen LogP contribution in [0.3, 0.4) is 0 Å². The molecule has 160 valence electrons. The van der Waals surface area contributed by atoms with Crippen LogP contribution in [0.25, 0.3) is 11.0 Å². The van der Waals surface area contributed by atoms with Gasteiger partial charge in [0.15, 0.2) is 0 Å². The average Bonchev–Trinajstić information content (AvgIpc) is 3.39. The molecule has 1 fully saturated rings. The first kappa shape index (κ1) is 20.8. The van der Waals surface area contributed by atoms with Crippen LogP contribution in [0.4, 0.5) is 0 Å². The summed E-state index contributed by atoms with van der Waals surface area (Å²) in [5.74, 6) is -0.0370. The summed E-state index contributed by atoms with van der Waals surface area (Å²) >= 11 is 1.71. The van der Waals surface area contributed by atoms with E-state index < -0.39 is 0 Å². The minimum absolute atomic E-state index is 0.0370. The first-order valence-electron chi connectivity index (χ1n) is 10.5. The summed E-state index contributed by atoms with van der Waals surface area (Å²) in [6.45, 7) is 6.68. The average molecular weight is 429 g/mol. The number of morpholine rings is 1. The Hall–Kier alpha value is -2.42. The van der Waals surface area contributed by atoms with Gasteiger partial charge in [-0.1, -0.05) is 18.2 Å². The Balaban J connectivity index is 1.41. The molecule has 0 aliphatic carbocycles. The highest BCUT2D eigenvalue weighted by Crippen LogP contribution is 2.25. The summed E-state index contributed by atoms with van der Waals surface area (Å²) in [4.78, 5) is 29.0. The molecule has 1 aromatic carbocycles. The van der Waals surface area contributed by atoms with Crippen LogP contribution in [-0.4, -0.2) is 52.8 Å². The number of nitrogens with one attached hydrogen (secondary N) is 1. The molecule has 3 aromatic rings. The number of thiophene rings is 1. The molecule has 2 aromatic heterocycles. The SMILES string of the molecule is CCn1c(=O)n(CCC(=O)NC[C@H](c2cccs2)N2CCOCC2)c2ccccc21. The maximum atomic E-state index is 12.7. The molecule has 4 rings (SSSR count).